The number of hydrogen-bond acceptors (Lipinski definition) is 3. The standard InChI is InChI=1S/C15H15F2NOS.ClH/c16-15(17)20-13-7-5-11(6-8-13)10-1-3-12(4-2-10)14(18)9-19;/h1-8,14-15,19H,9,18H2;1H. The van der Waals surface area contributed by atoms with Gasteiger partial charge in [0.25, 0.3) is 5.76 Å². The molecule has 0 saturated carbocycles. The van der Waals surface area contributed by atoms with Crippen LogP contribution in [0.3, 0.4) is 0 Å². The van der Waals surface area contributed by atoms with Gasteiger partial charge >= 0.3 is 0 Å². The van der Waals surface area contributed by atoms with Crippen LogP contribution < -0.4 is 5.73 Å². The van der Waals surface area contributed by atoms with Gasteiger partial charge in [0, 0.05) is 4.90 Å². The van der Waals surface area contributed by atoms with Crippen molar-refractivity contribution in [3.8, 4) is 11.1 Å². The highest BCUT2D eigenvalue weighted by molar-refractivity contribution is 7.99. The molecule has 0 aliphatic rings. The van der Waals surface area contributed by atoms with Crippen molar-refractivity contribution in [1.82, 2.24) is 0 Å². The van der Waals surface area contributed by atoms with Gasteiger partial charge in [-0.1, -0.05) is 48.2 Å². The van der Waals surface area contributed by atoms with E-state index in [9.17, 15) is 8.78 Å². The van der Waals surface area contributed by atoms with Crippen molar-refractivity contribution in [1.29, 1.82) is 0 Å². The molecule has 1 unspecified atom stereocenters. The largest absolute Gasteiger partial charge is 0.394 e. The first kappa shape index (κ1) is 17.9. The summed E-state index contributed by atoms with van der Waals surface area (Å²) in [5, 5.41) is 8.99. The van der Waals surface area contributed by atoms with Crippen molar-refractivity contribution >= 4 is 24.2 Å². The van der Waals surface area contributed by atoms with E-state index in [0.29, 0.717) is 16.7 Å². The molecule has 1 atom stereocenters. The first-order valence-corrected chi connectivity index (χ1v) is 7.00. The van der Waals surface area contributed by atoms with Crippen LogP contribution in [0.5, 0.6) is 0 Å². The second kappa shape index (κ2) is 8.34. The lowest BCUT2D eigenvalue weighted by Gasteiger charge is -2.09. The smallest absolute Gasteiger partial charge is 0.288 e. The van der Waals surface area contributed by atoms with E-state index in [2.05, 4.69) is 0 Å². The molecule has 21 heavy (non-hydrogen) atoms. The van der Waals surface area contributed by atoms with Crippen molar-refractivity contribution in [3.05, 3.63) is 54.1 Å². The third-order valence-electron chi connectivity index (χ3n) is 2.95. The fourth-order valence-electron chi connectivity index (χ4n) is 1.86. The second-order valence-corrected chi connectivity index (χ2v) is 5.38. The minimum Gasteiger partial charge on any atom is -0.394 e. The summed E-state index contributed by atoms with van der Waals surface area (Å²) < 4.78 is 24.5. The van der Waals surface area contributed by atoms with Crippen LogP contribution in [-0.2, 0) is 0 Å². The van der Waals surface area contributed by atoms with Crippen LogP contribution >= 0.6 is 24.2 Å². The van der Waals surface area contributed by atoms with Gasteiger partial charge in [-0.05, 0) is 28.8 Å². The molecule has 0 amide bonds. The zero-order valence-electron chi connectivity index (χ0n) is 11.1. The van der Waals surface area contributed by atoms with E-state index in [1.165, 1.54) is 0 Å². The molecular formula is C15H16ClF2NOS. The van der Waals surface area contributed by atoms with E-state index in [-0.39, 0.29) is 25.1 Å². The third-order valence-corrected chi connectivity index (χ3v) is 3.67. The van der Waals surface area contributed by atoms with Crippen LogP contribution in [-0.4, -0.2) is 17.5 Å². The Labute approximate surface area is 132 Å². The van der Waals surface area contributed by atoms with Crippen LogP contribution in [0.15, 0.2) is 53.4 Å². The lowest BCUT2D eigenvalue weighted by Crippen LogP contribution is -2.14. The molecule has 0 fully saturated rings. The van der Waals surface area contributed by atoms with Crippen LogP contribution in [0.25, 0.3) is 11.1 Å². The van der Waals surface area contributed by atoms with Crippen molar-refractivity contribution in [2.45, 2.75) is 16.7 Å². The monoisotopic (exact) mass is 331 g/mol. The fourth-order valence-corrected chi connectivity index (χ4v) is 2.36. The Balaban J connectivity index is 0.00000220. The lowest BCUT2D eigenvalue weighted by molar-refractivity contribution is 0.252. The number of aliphatic hydroxyl groups is 1. The van der Waals surface area contributed by atoms with Gasteiger partial charge in [0.2, 0.25) is 0 Å². The van der Waals surface area contributed by atoms with E-state index in [1.807, 2.05) is 36.4 Å². The zero-order chi connectivity index (χ0) is 14.5. The third kappa shape index (κ3) is 4.97. The van der Waals surface area contributed by atoms with E-state index < -0.39 is 5.76 Å². The fraction of sp³-hybridized carbons (Fsp3) is 0.200. The summed E-state index contributed by atoms with van der Waals surface area (Å²) >= 11 is 0.534. The molecular weight excluding hydrogens is 316 g/mol. The average Bonchev–Trinajstić information content (AvgIpc) is 2.47. The van der Waals surface area contributed by atoms with Crippen LogP contribution in [0.2, 0.25) is 0 Å². The quantitative estimate of drug-likeness (QED) is 0.811. The SMILES string of the molecule is Cl.NC(CO)c1ccc(-c2ccc(SC(F)F)cc2)cc1. The molecule has 114 valence electrons. The number of aliphatic hydroxyl groups excluding tert-OH is 1. The maximum atomic E-state index is 12.2. The summed E-state index contributed by atoms with van der Waals surface area (Å²) in [4.78, 5) is 0.544. The minimum atomic E-state index is -2.40. The summed E-state index contributed by atoms with van der Waals surface area (Å²) in [5.74, 6) is -2.40. The normalized spacial score (nSPS) is 12.0. The molecule has 0 bridgehead atoms. The summed E-state index contributed by atoms with van der Waals surface area (Å²) in [7, 11) is 0. The highest BCUT2D eigenvalue weighted by Crippen LogP contribution is 2.28. The van der Waals surface area contributed by atoms with E-state index in [1.54, 1.807) is 12.1 Å². The van der Waals surface area contributed by atoms with E-state index >= 15 is 0 Å². The first-order chi connectivity index (χ1) is 9.60. The Morgan fingerprint density at radius 1 is 0.952 bits per heavy atom. The van der Waals surface area contributed by atoms with Gasteiger partial charge < -0.3 is 10.8 Å². The Bertz CT molecular complexity index is 549. The van der Waals surface area contributed by atoms with Crippen molar-refractivity contribution in [2.24, 2.45) is 5.73 Å². The van der Waals surface area contributed by atoms with E-state index in [0.717, 1.165) is 16.7 Å². The molecule has 2 rings (SSSR count). The highest BCUT2D eigenvalue weighted by atomic mass is 35.5. The van der Waals surface area contributed by atoms with Crippen molar-refractivity contribution in [2.75, 3.05) is 6.61 Å². The molecule has 0 aliphatic heterocycles. The van der Waals surface area contributed by atoms with Crippen LogP contribution in [0, 0.1) is 0 Å². The maximum Gasteiger partial charge on any atom is 0.288 e. The molecule has 6 heteroatoms. The molecule has 0 aliphatic carbocycles. The number of benzene rings is 2. The topological polar surface area (TPSA) is 46.2 Å². The predicted molar refractivity (Wildman–Crippen MR) is 85.0 cm³/mol. The van der Waals surface area contributed by atoms with Crippen molar-refractivity contribution < 1.29 is 13.9 Å². The number of hydrogen-bond donors (Lipinski definition) is 2. The summed E-state index contributed by atoms with van der Waals surface area (Å²) in [6.45, 7) is -0.0983. The Morgan fingerprint density at radius 2 is 1.43 bits per heavy atom. The molecule has 2 aromatic rings. The minimum absolute atomic E-state index is 0. The van der Waals surface area contributed by atoms with Gasteiger partial charge in [0.05, 0.1) is 12.6 Å². The maximum absolute atomic E-state index is 12.2. The Kier molecular flexibility index (Phi) is 7.11. The zero-order valence-corrected chi connectivity index (χ0v) is 12.7. The summed E-state index contributed by atoms with van der Waals surface area (Å²) in [5.41, 5.74) is 8.52. The molecule has 0 saturated heterocycles. The van der Waals surface area contributed by atoms with Crippen LogP contribution in [0.4, 0.5) is 8.78 Å². The van der Waals surface area contributed by atoms with Gasteiger partial charge in [0.1, 0.15) is 0 Å². The second-order valence-electron chi connectivity index (χ2n) is 4.31. The lowest BCUT2D eigenvalue weighted by atomic mass is 10.0. The van der Waals surface area contributed by atoms with Crippen LogP contribution in [0.1, 0.15) is 11.6 Å². The molecule has 2 nitrogen and oxygen atoms in total. The van der Waals surface area contributed by atoms with E-state index in [4.69, 9.17) is 10.8 Å². The molecule has 0 heterocycles. The number of halogens is 3. The summed E-state index contributed by atoms with van der Waals surface area (Å²) in [6.07, 6.45) is 0. The number of nitrogens with two attached hydrogens (primary N) is 1. The number of alkyl halides is 2. The van der Waals surface area contributed by atoms with Gasteiger partial charge in [-0.2, -0.15) is 8.78 Å². The molecule has 3 N–H and O–H groups in total. The van der Waals surface area contributed by atoms with Crippen molar-refractivity contribution in [3.63, 3.8) is 0 Å². The molecule has 0 aromatic heterocycles. The molecule has 0 spiro atoms. The average molecular weight is 332 g/mol. The predicted octanol–water partition coefficient (Wildman–Crippen LogP) is 4.08. The molecule has 2 aromatic carbocycles. The Hall–Kier alpha value is -1.14. The Morgan fingerprint density at radius 3 is 1.86 bits per heavy atom. The first-order valence-electron chi connectivity index (χ1n) is 6.12. The molecule has 0 radical (unpaired) electrons. The highest BCUT2D eigenvalue weighted by Gasteiger charge is 2.07. The number of thioether (sulfide) groups is 1. The number of rotatable bonds is 5. The van der Waals surface area contributed by atoms with Gasteiger partial charge in [-0.15, -0.1) is 12.4 Å². The van der Waals surface area contributed by atoms with Gasteiger partial charge in [-0.3, -0.25) is 0 Å². The summed E-state index contributed by atoms with van der Waals surface area (Å²) in [6, 6.07) is 14.1. The van der Waals surface area contributed by atoms with Gasteiger partial charge in [-0.25, -0.2) is 0 Å². The van der Waals surface area contributed by atoms with Gasteiger partial charge in [0.15, 0.2) is 0 Å².